The van der Waals surface area contributed by atoms with E-state index in [0.717, 1.165) is 22.2 Å². The molecule has 0 radical (unpaired) electrons. The molecule has 0 spiro atoms. The molecule has 1 saturated carbocycles. The van der Waals surface area contributed by atoms with Gasteiger partial charge in [0.05, 0.1) is 16.8 Å². The Morgan fingerprint density at radius 1 is 1.37 bits per heavy atom. The fourth-order valence-electron chi connectivity index (χ4n) is 2.66. The van der Waals surface area contributed by atoms with Crippen molar-refractivity contribution in [2.45, 2.75) is 25.3 Å². The first-order valence-corrected chi connectivity index (χ1v) is 6.63. The van der Waals surface area contributed by atoms with Crippen molar-refractivity contribution in [3.8, 4) is 0 Å². The Morgan fingerprint density at radius 2 is 2.11 bits per heavy atom. The third-order valence-corrected chi connectivity index (χ3v) is 4.01. The first-order chi connectivity index (χ1) is 9.18. The third-order valence-electron chi connectivity index (χ3n) is 4.01. The molecule has 3 N–H and O–H groups in total. The van der Waals surface area contributed by atoms with Gasteiger partial charge in [0, 0.05) is 24.7 Å². The van der Waals surface area contributed by atoms with Crippen molar-refractivity contribution in [1.29, 1.82) is 5.41 Å². The molecule has 1 aromatic heterocycles. The van der Waals surface area contributed by atoms with E-state index in [-0.39, 0.29) is 5.84 Å². The molecule has 4 nitrogen and oxygen atoms in total. The highest BCUT2D eigenvalue weighted by Gasteiger charge is 2.25. The summed E-state index contributed by atoms with van der Waals surface area (Å²) < 4.78 is 0. The maximum atomic E-state index is 7.77. The second kappa shape index (κ2) is 4.53. The molecule has 1 fully saturated rings. The second-order valence-corrected chi connectivity index (χ2v) is 5.15. The average molecular weight is 254 g/mol. The number of anilines is 1. The van der Waals surface area contributed by atoms with Gasteiger partial charge in [0.15, 0.2) is 0 Å². The minimum Gasteiger partial charge on any atom is -0.384 e. The van der Waals surface area contributed by atoms with Crippen molar-refractivity contribution < 1.29 is 0 Å². The Balaban J connectivity index is 2.21. The first-order valence-electron chi connectivity index (χ1n) is 6.63. The van der Waals surface area contributed by atoms with Crippen LogP contribution in [0.15, 0.2) is 30.5 Å². The van der Waals surface area contributed by atoms with Crippen LogP contribution < -0.4 is 10.6 Å². The summed E-state index contributed by atoms with van der Waals surface area (Å²) in [5.41, 5.74) is 8.45. The van der Waals surface area contributed by atoms with E-state index in [9.17, 15) is 0 Å². The normalized spacial score (nSPS) is 15.2. The molecule has 0 bridgehead atoms. The predicted molar refractivity (Wildman–Crippen MR) is 78.8 cm³/mol. The van der Waals surface area contributed by atoms with Gasteiger partial charge in [-0.05, 0) is 25.3 Å². The van der Waals surface area contributed by atoms with Crippen LogP contribution in [0.2, 0.25) is 0 Å². The number of benzene rings is 1. The van der Waals surface area contributed by atoms with Gasteiger partial charge in [-0.1, -0.05) is 18.2 Å². The minimum atomic E-state index is 0.0828. The van der Waals surface area contributed by atoms with Crippen LogP contribution in [0.25, 0.3) is 10.9 Å². The number of hydrogen-bond acceptors (Lipinski definition) is 3. The van der Waals surface area contributed by atoms with Crippen LogP contribution in [0.1, 0.15) is 24.8 Å². The number of para-hydroxylation sites is 1. The van der Waals surface area contributed by atoms with Crippen molar-refractivity contribution in [3.05, 3.63) is 36.0 Å². The largest absolute Gasteiger partial charge is 0.384 e. The predicted octanol–water partition coefficient (Wildman–Crippen LogP) is 2.51. The van der Waals surface area contributed by atoms with Crippen molar-refractivity contribution >= 4 is 22.4 Å². The van der Waals surface area contributed by atoms with E-state index in [1.807, 2.05) is 18.2 Å². The Labute approximate surface area is 112 Å². The first kappa shape index (κ1) is 12.0. The lowest BCUT2D eigenvalue weighted by Crippen LogP contribution is -2.38. The zero-order valence-corrected chi connectivity index (χ0v) is 11.1. The molecule has 0 amide bonds. The monoisotopic (exact) mass is 254 g/mol. The van der Waals surface area contributed by atoms with Crippen LogP contribution in [-0.2, 0) is 0 Å². The molecule has 1 heterocycles. The van der Waals surface area contributed by atoms with Crippen molar-refractivity contribution in [1.82, 2.24) is 4.98 Å². The molecule has 0 aliphatic heterocycles. The quantitative estimate of drug-likeness (QED) is 0.653. The molecule has 1 aliphatic carbocycles. The minimum absolute atomic E-state index is 0.0828. The molecule has 98 valence electrons. The Hall–Kier alpha value is -2.10. The van der Waals surface area contributed by atoms with Gasteiger partial charge in [0.1, 0.15) is 5.84 Å². The van der Waals surface area contributed by atoms with Gasteiger partial charge in [0.2, 0.25) is 0 Å². The van der Waals surface area contributed by atoms with Crippen LogP contribution in [0.5, 0.6) is 0 Å². The fraction of sp³-hybridized carbons (Fsp3) is 0.333. The molecule has 1 aromatic carbocycles. The molecule has 0 unspecified atom stereocenters. The number of nitrogens with zero attached hydrogens (tertiary/aromatic N) is 2. The molecule has 2 aromatic rings. The van der Waals surface area contributed by atoms with Gasteiger partial charge >= 0.3 is 0 Å². The topological polar surface area (TPSA) is 66.0 Å². The summed E-state index contributed by atoms with van der Waals surface area (Å²) in [7, 11) is 2.10. The zero-order chi connectivity index (χ0) is 13.4. The second-order valence-electron chi connectivity index (χ2n) is 5.15. The summed E-state index contributed by atoms with van der Waals surface area (Å²) in [5, 5.41) is 8.85. The fourth-order valence-corrected chi connectivity index (χ4v) is 2.66. The SMILES string of the molecule is CN(c1c(C(=N)N)cnc2ccccc12)C1CCC1. The van der Waals surface area contributed by atoms with Crippen LogP contribution in [0, 0.1) is 5.41 Å². The smallest absolute Gasteiger partial charge is 0.126 e. The molecule has 0 atom stereocenters. The van der Waals surface area contributed by atoms with E-state index in [2.05, 4.69) is 23.0 Å². The number of nitrogens with one attached hydrogen (secondary N) is 1. The van der Waals surface area contributed by atoms with Gasteiger partial charge in [-0.15, -0.1) is 0 Å². The molecular weight excluding hydrogens is 236 g/mol. The summed E-state index contributed by atoms with van der Waals surface area (Å²) in [4.78, 5) is 6.67. The van der Waals surface area contributed by atoms with E-state index in [0.29, 0.717) is 6.04 Å². The van der Waals surface area contributed by atoms with E-state index in [1.165, 1.54) is 19.3 Å². The molecule has 3 rings (SSSR count). The summed E-state index contributed by atoms with van der Waals surface area (Å²) in [5.74, 6) is 0.0828. The van der Waals surface area contributed by atoms with E-state index < -0.39 is 0 Å². The Morgan fingerprint density at radius 3 is 2.74 bits per heavy atom. The van der Waals surface area contributed by atoms with Crippen LogP contribution in [0.3, 0.4) is 0 Å². The third kappa shape index (κ3) is 1.93. The number of hydrogen-bond donors (Lipinski definition) is 2. The van der Waals surface area contributed by atoms with E-state index in [4.69, 9.17) is 11.1 Å². The average Bonchev–Trinajstić information content (AvgIpc) is 2.35. The number of rotatable bonds is 3. The van der Waals surface area contributed by atoms with Crippen molar-refractivity contribution in [2.75, 3.05) is 11.9 Å². The summed E-state index contributed by atoms with van der Waals surface area (Å²) in [6, 6.07) is 8.60. The van der Waals surface area contributed by atoms with Crippen LogP contribution >= 0.6 is 0 Å². The number of fused-ring (bicyclic) bond motifs is 1. The Kier molecular flexibility index (Phi) is 2.85. The molecule has 19 heavy (non-hydrogen) atoms. The molecule has 1 aliphatic rings. The number of nitrogens with two attached hydrogens (primary N) is 1. The van der Waals surface area contributed by atoms with Gasteiger partial charge < -0.3 is 10.6 Å². The van der Waals surface area contributed by atoms with E-state index >= 15 is 0 Å². The summed E-state index contributed by atoms with van der Waals surface area (Å²) >= 11 is 0. The lowest BCUT2D eigenvalue weighted by atomic mass is 9.90. The maximum absolute atomic E-state index is 7.77. The van der Waals surface area contributed by atoms with E-state index in [1.54, 1.807) is 6.20 Å². The highest BCUT2D eigenvalue weighted by Crippen LogP contribution is 2.34. The Bertz CT molecular complexity index is 631. The molecule has 4 heteroatoms. The highest BCUT2D eigenvalue weighted by molar-refractivity contribution is 6.07. The van der Waals surface area contributed by atoms with Gasteiger partial charge in [-0.3, -0.25) is 10.4 Å². The van der Waals surface area contributed by atoms with Gasteiger partial charge in [0.25, 0.3) is 0 Å². The summed E-state index contributed by atoms with van der Waals surface area (Å²) in [6.45, 7) is 0. The van der Waals surface area contributed by atoms with Crippen LogP contribution in [-0.4, -0.2) is 23.9 Å². The zero-order valence-electron chi connectivity index (χ0n) is 11.1. The lowest BCUT2D eigenvalue weighted by molar-refractivity contribution is 0.401. The summed E-state index contributed by atoms with van der Waals surface area (Å²) in [6.07, 6.45) is 5.43. The highest BCUT2D eigenvalue weighted by atomic mass is 15.1. The van der Waals surface area contributed by atoms with Crippen LogP contribution in [0.4, 0.5) is 5.69 Å². The van der Waals surface area contributed by atoms with Gasteiger partial charge in [-0.2, -0.15) is 0 Å². The maximum Gasteiger partial charge on any atom is 0.126 e. The number of pyridine rings is 1. The lowest BCUT2D eigenvalue weighted by Gasteiger charge is -2.37. The number of amidine groups is 1. The number of aromatic nitrogens is 1. The van der Waals surface area contributed by atoms with Crippen molar-refractivity contribution in [3.63, 3.8) is 0 Å². The molecule has 0 saturated heterocycles. The van der Waals surface area contributed by atoms with Gasteiger partial charge in [-0.25, -0.2) is 0 Å². The standard InChI is InChI=1S/C15H18N4/c1-19(10-5-4-6-10)14-11-7-2-3-8-13(11)18-9-12(14)15(16)17/h2-3,7-10H,4-6H2,1H3,(H3,16,17). The number of nitrogen functional groups attached to an aromatic ring is 1. The molecular formula is C15H18N4. The van der Waals surface area contributed by atoms with Crippen molar-refractivity contribution in [2.24, 2.45) is 5.73 Å².